The van der Waals surface area contributed by atoms with Gasteiger partial charge < -0.3 is 10.1 Å². The minimum Gasteiger partial charge on any atom is -0.497 e. The molecule has 8 heteroatoms. The van der Waals surface area contributed by atoms with E-state index in [1.807, 2.05) is 12.1 Å². The molecule has 31 heavy (non-hydrogen) atoms. The molecular formula is C23H25N3O4S. The zero-order valence-corrected chi connectivity index (χ0v) is 18.3. The van der Waals surface area contributed by atoms with Crippen LogP contribution in [0, 0.1) is 0 Å². The highest BCUT2D eigenvalue weighted by Gasteiger charge is 2.23. The molecule has 1 amide bonds. The molecule has 3 aromatic rings. The molecule has 3 rings (SSSR count). The van der Waals surface area contributed by atoms with Gasteiger partial charge in [0.25, 0.3) is 5.91 Å². The lowest BCUT2D eigenvalue weighted by Crippen LogP contribution is -2.30. The van der Waals surface area contributed by atoms with E-state index in [4.69, 9.17) is 4.74 Å². The number of hydrogen-bond acceptors (Lipinski definition) is 5. The molecule has 0 aliphatic heterocycles. The van der Waals surface area contributed by atoms with E-state index in [0.717, 1.165) is 11.1 Å². The van der Waals surface area contributed by atoms with E-state index in [2.05, 4.69) is 10.3 Å². The van der Waals surface area contributed by atoms with Gasteiger partial charge in [-0.2, -0.15) is 4.31 Å². The third-order valence-corrected chi connectivity index (χ3v) is 6.74. The fourth-order valence-electron chi connectivity index (χ4n) is 3.02. The lowest BCUT2D eigenvalue weighted by Gasteiger charge is -2.21. The first-order valence-electron chi connectivity index (χ1n) is 9.84. The predicted octanol–water partition coefficient (Wildman–Crippen LogP) is 3.23. The molecule has 0 radical (unpaired) electrons. The van der Waals surface area contributed by atoms with Crippen molar-refractivity contribution in [1.82, 2.24) is 14.6 Å². The Balaban J connectivity index is 1.66. The third kappa shape index (κ3) is 5.68. The average molecular weight is 440 g/mol. The Morgan fingerprint density at radius 2 is 1.74 bits per heavy atom. The second-order valence-electron chi connectivity index (χ2n) is 6.85. The monoisotopic (exact) mass is 439 g/mol. The summed E-state index contributed by atoms with van der Waals surface area (Å²) >= 11 is 0. The van der Waals surface area contributed by atoms with Crippen LogP contribution in [-0.2, 0) is 23.1 Å². The van der Waals surface area contributed by atoms with Gasteiger partial charge in [-0.15, -0.1) is 0 Å². The smallest absolute Gasteiger partial charge is 0.251 e. The van der Waals surface area contributed by atoms with Gasteiger partial charge in [0.05, 0.1) is 12.0 Å². The Morgan fingerprint density at radius 3 is 2.32 bits per heavy atom. The van der Waals surface area contributed by atoms with Crippen LogP contribution in [0.15, 0.2) is 78.0 Å². The van der Waals surface area contributed by atoms with Crippen LogP contribution in [0.5, 0.6) is 5.75 Å². The largest absolute Gasteiger partial charge is 0.497 e. The number of sulfonamides is 1. The summed E-state index contributed by atoms with van der Waals surface area (Å²) in [5.41, 5.74) is 2.21. The van der Waals surface area contributed by atoms with Gasteiger partial charge in [0.15, 0.2) is 0 Å². The molecule has 0 unspecified atom stereocenters. The normalized spacial score (nSPS) is 11.3. The zero-order valence-electron chi connectivity index (χ0n) is 17.5. The van der Waals surface area contributed by atoms with Gasteiger partial charge in [0.2, 0.25) is 10.0 Å². The third-order valence-electron chi connectivity index (χ3n) is 4.80. The number of nitrogens with one attached hydrogen (secondary N) is 1. The Morgan fingerprint density at radius 1 is 1.03 bits per heavy atom. The number of rotatable bonds is 9. The molecule has 0 bridgehead atoms. The number of benzene rings is 2. The maximum atomic E-state index is 13.0. The molecule has 1 heterocycles. The zero-order chi connectivity index (χ0) is 22.3. The van der Waals surface area contributed by atoms with Crippen molar-refractivity contribution in [2.75, 3.05) is 13.7 Å². The summed E-state index contributed by atoms with van der Waals surface area (Å²) in [6.07, 6.45) is 3.38. The second kappa shape index (κ2) is 10.2. The molecular weight excluding hydrogens is 414 g/mol. The van der Waals surface area contributed by atoms with E-state index in [1.54, 1.807) is 55.7 Å². The van der Waals surface area contributed by atoms with Gasteiger partial charge in [-0.05, 0) is 53.6 Å². The van der Waals surface area contributed by atoms with Gasteiger partial charge in [-0.1, -0.05) is 25.1 Å². The van der Waals surface area contributed by atoms with E-state index in [-0.39, 0.29) is 17.3 Å². The molecule has 1 aromatic heterocycles. The van der Waals surface area contributed by atoms with Crippen molar-refractivity contribution in [1.29, 1.82) is 0 Å². The molecule has 0 aliphatic carbocycles. The van der Waals surface area contributed by atoms with Crippen molar-refractivity contribution in [3.8, 4) is 5.75 Å². The maximum Gasteiger partial charge on any atom is 0.251 e. The SMILES string of the molecule is CCN(Cc1ccc(C(=O)NCc2cccnc2)cc1)S(=O)(=O)c1ccc(OC)cc1. The van der Waals surface area contributed by atoms with Crippen molar-refractivity contribution < 1.29 is 17.9 Å². The fourth-order valence-corrected chi connectivity index (χ4v) is 4.45. The number of nitrogens with zero attached hydrogens (tertiary/aromatic N) is 2. The first kappa shape index (κ1) is 22.5. The number of ether oxygens (including phenoxy) is 1. The van der Waals surface area contributed by atoms with Gasteiger partial charge in [-0.25, -0.2) is 8.42 Å². The summed E-state index contributed by atoms with van der Waals surface area (Å²) in [6.45, 7) is 2.71. The van der Waals surface area contributed by atoms with Crippen LogP contribution in [-0.4, -0.2) is 37.3 Å². The lowest BCUT2D eigenvalue weighted by molar-refractivity contribution is 0.0951. The van der Waals surface area contributed by atoms with Gasteiger partial charge in [0.1, 0.15) is 5.75 Å². The molecule has 0 fully saturated rings. The highest BCUT2D eigenvalue weighted by atomic mass is 32.2. The fraction of sp³-hybridized carbons (Fsp3) is 0.217. The quantitative estimate of drug-likeness (QED) is 0.553. The molecule has 0 saturated heterocycles. The summed E-state index contributed by atoms with van der Waals surface area (Å²) in [5.74, 6) is 0.396. The number of hydrogen-bond donors (Lipinski definition) is 1. The van der Waals surface area contributed by atoms with E-state index in [9.17, 15) is 13.2 Å². The van der Waals surface area contributed by atoms with E-state index in [1.165, 1.54) is 23.5 Å². The first-order valence-corrected chi connectivity index (χ1v) is 11.3. The van der Waals surface area contributed by atoms with Crippen LogP contribution in [0.2, 0.25) is 0 Å². The molecule has 0 saturated carbocycles. The summed E-state index contributed by atoms with van der Waals surface area (Å²) in [5, 5.41) is 2.85. The first-order chi connectivity index (χ1) is 14.9. The topological polar surface area (TPSA) is 88.6 Å². The van der Waals surface area contributed by atoms with Crippen LogP contribution < -0.4 is 10.1 Å². The van der Waals surface area contributed by atoms with Crippen LogP contribution in [0.4, 0.5) is 0 Å². The second-order valence-corrected chi connectivity index (χ2v) is 8.79. The van der Waals surface area contributed by atoms with E-state index < -0.39 is 10.0 Å². The highest BCUT2D eigenvalue weighted by Crippen LogP contribution is 2.21. The molecule has 7 nitrogen and oxygen atoms in total. The van der Waals surface area contributed by atoms with Crippen molar-refractivity contribution in [2.45, 2.75) is 24.9 Å². The number of aromatic nitrogens is 1. The van der Waals surface area contributed by atoms with Gasteiger partial charge in [-0.3, -0.25) is 9.78 Å². The molecule has 0 spiro atoms. The maximum absolute atomic E-state index is 13.0. The van der Waals surface area contributed by atoms with Gasteiger partial charge in [0, 0.05) is 37.6 Å². The van der Waals surface area contributed by atoms with Crippen LogP contribution in [0.25, 0.3) is 0 Å². The summed E-state index contributed by atoms with van der Waals surface area (Å²) in [7, 11) is -2.12. The molecule has 0 aliphatic rings. The van der Waals surface area contributed by atoms with Crippen molar-refractivity contribution in [3.05, 3.63) is 89.7 Å². The minimum absolute atomic E-state index is 0.200. The predicted molar refractivity (Wildman–Crippen MR) is 118 cm³/mol. The van der Waals surface area contributed by atoms with Crippen LogP contribution >= 0.6 is 0 Å². The molecule has 0 atom stereocenters. The Labute approximate surface area is 182 Å². The Bertz CT molecular complexity index is 1100. The molecule has 162 valence electrons. The lowest BCUT2D eigenvalue weighted by atomic mass is 10.1. The number of carbonyl (C=O) groups excluding carboxylic acids is 1. The summed E-state index contributed by atoms with van der Waals surface area (Å²) < 4.78 is 32.4. The van der Waals surface area contributed by atoms with E-state index in [0.29, 0.717) is 24.4 Å². The minimum atomic E-state index is -3.65. The Hall–Kier alpha value is -3.23. The number of carbonyl (C=O) groups is 1. The van der Waals surface area contributed by atoms with E-state index >= 15 is 0 Å². The number of amides is 1. The van der Waals surface area contributed by atoms with Crippen molar-refractivity contribution in [2.24, 2.45) is 0 Å². The Kier molecular flexibility index (Phi) is 7.38. The van der Waals surface area contributed by atoms with Crippen LogP contribution in [0.3, 0.4) is 0 Å². The van der Waals surface area contributed by atoms with Crippen LogP contribution in [0.1, 0.15) is 28.4 Å². The van der Waals surface area contributed by atoms with Gasteiger partial charge >= 0.3 is 0 Å². The number of pyridine rings is 1. The number of methoxy groups -OCH3 is 1. The summed E-state index contributed by atoms with van der Waals surface area (Å²) in [6, 6.07) is 17.0. The van der Waals surface area contributed by atoms with Crippen molar-refractivity contribution in [3.63, 3.8) is 0 Å². The highest BCUT2D eigenvalue weighted by molar-refractivity contribution is 7.89. The molecule has 2 aromatic carbocycles. The van der Waals surface area contributed by atoms with Crippen molar-refractivity contribution >= 4 is 15.9 Å². The summed E-state index contributed by atoms with van der Waals surface area (Å²) in [4.78, 5) is 16.6. The molecule has 1 N–H and O–H groups in total. The average Bonchev–Trinajstić information content (AvgIpc) is 2.82. The standard InChI is InChI=1S/C23H25N3O4S/c1-3-26(31(28,29)22-12-10-21(30-2)11-13-22)17-18-6-8-20(9-7-18)23(27)25-16-19-5-4-14-24-15-19/h4-15H,3,16-17H2,1-2H3,(H,25,27).